The molecule has 0 bridgehead atoms. The Morgan fingerprint density at radius 2 is 1.92 bits per heavy atom. The number of ether oxygens (including phenoxy) is 1. The number of hydrogen-bond donors (Lipinski definition) is 1. The third-order valence-corrected chi connectivity index (χ3v) is 7.27. The van der Waals surface area contributed by atoms with Crippen LogP contribution in [0.1, 0.15) is 56.7 Å². The second-order valence-electron chi connectivity index (χ2n) is 10.4. The van der Waals surface area contributed by atoms with Crippen LogP contribution in [0, 0.1) is 5.82 Å². The van der Waals surface area contributed by atoms with Gasteiger partial charge in [-0.15, -0.1) is 11.8 Å². The molecule has 2 aromatic carbocycles. The maximum atomic E-state index is 14.4. The molecule has 196 valence electrons. The van der Waals surface area contributed by atoms with Crippen LogP contribution in [0.3, 0.4) is 0 Å². The van der Waals surface area contributed by atoms with Crippen molar-refractivity contribution < 1.29 is 18.7 Å². The van der Waals surface area contributed by atoms with Crippen LogP contribution in [0.2, 0.25) is 0 Å². The van der Waals surface area contributed by atoms with E-state index in [2.05, 4.69) is 26.1 Å². The van der Waals surface area contributed by atoms with Crippen molar-refractivity contribution in [3.8, 4) is 11.4 Å². The van der Waals surface area contributed by atoms with Crippen molar-refractivity contribution in [3.05, 3.63) is 71.2 Å². The molecule has 37 heavy (non-hydrogen) atoms. The van der Waals surface area contributed by atoms with E-state index in [9.17, 15) is 14.0 Å². The van der Waals surface area contributed by atoms with Crippen LogP contribution >= 0.6 is 11.8 Å². The number of nitrogens with one attached hydrogen (secondary N) is 1. The molecule has 1 atom stereocenters. The summed E-state index contributed by atoms with van der Waals surface area (Å²) in [5.41, 5.74) is 2.66. The van der Waals surface area contributed by atoms with E-state index in [4.69, 9.17) is 9.84 Å². The lowest BCUT2D eigenvalue weighted by Crippen LogP contribution is -2.44. The topological polar surface area (TPSA) is 76.5 Å². The van der Waals surface area contributed by atoms with E-state index in [1.807, 2.05) is 44.2 Å². The number of carbonyl (C=O) groups is 2. The van der Waals surface area contributed by atoms with E-state index in [0.717, 1.165) is 22.5 Å². The Balaban J connectivity index is 2.00. The van der Waals surface area contributed by atoms with Gasteiger partial charge in [0.2, 0.25) is 11.8 Å². The number of rotatable bonds is 6. The van der Waals surface area contributed by atoms with Gasteiger partial charge in [-0.2, -0.15) is 5.10 Å². The summed E-state index contributed by atoms with van der Waals surface area (Å²) < 4.78 is 21.4. The van der Waals surface area contributed by atoms with E-state index in [1.165, 1.54) is 28.8 Å². The number of thioether (sulfide) groups is 1. The van der Waals surface area contributed by atoms with Gasteiger partial charge in [0.1, 0.15) is 23.9 Å². The highest BCUT2D eigenvalue weighted by molar-refractivity contribution is 8.00. The third-order valence-electron chi connectivity index (χ3n) is 6.02. The van der Waals surface area contributed by atoms with Gasteiger partial charge in [0, 0.05) is 17.0 Å². The lowest BCUT2D eigenvalue weighted by atomic mass is 9.87. The summed E-state index contributed by atoms with van der Waals surface area (Å²) in [5, 5.41) is 7.56. The molecule has 0 saturated heterocycles. The second kappa shape index (κ2) is 10.6. The molecule has 1 aliphatic rings. The highest BCUT2D eigenvalue weighted by Crippen LogP contribution is 2.48. The Morgan fingerprint density at radius 3 is 2.51 bits per heavy atom. The fourth-order valence-corrected chi connectivity index (χ4v) is 5.61. The Bertz CT molecular complexity index is 1300. The second-order valence-corrected chi connectivity index (χ2v) is 11.5. The number of benzene rings is 2. The van der Waals surface area contributed by atoms with Gasteiger partial charge < -0.3 is 10.1 Å². The average Bonchev–Trinajstić information content (AvgIpc) is 3.17. The molecule has 9 heteroatoms. The standard InChI is InChI=1S/C28H33FN4O3S/c1-17(2)30-22(34)15-32-23(35)16-37-25(18-8-7-9-19(29)14-18)24-26(28(3,4)5)31-33(27(24)32)20-10-12-21(36-6)13-11-20/h7-14,17,25H,15-16H2,1-6H3,(H,30,34)/t25-/m1/s1. The van der Waals surface area contributed by atoms with Crippen molar-refractivity contribution in [2.75, 3.05) is 24.3 Å². The summed E-state index contributed by atoms with van der Waals surface area (Å²) in [6.07, 6.45) is 0. The minimum Gasteiger partial charge on any atom is -0.497 e. The normalized spacial score (nSPS) is 15.9. The smallest absolute Gasteiger partial charge is 0.240 e. The molecule has 2 heterocycles. The van der Waals surface area contributed by atoms with Crippen molar-refractivity contribution >= 4 is 29.4 Å². The van der Waals surface area contributed by atoms with Gasteiger partial charge in [-0.05, 0) is 55.8 Å². The van der Waals surface area contributed by atoms with Gasteiger partial charge in [-0.25, -0.2) is 9.07 Å². The van der Waals surface area contributed by atoms with Gasteiger partial charge in [-0.1, -0.05) is 32.9 Å². The zero-order valence-corrected chi connectivity index (χ0v) is 22.9. The van der Waals surface area contributed by atoms with Crippen molar-refractivity contribution in [2.45, 2.75) is 51.3 Å². The zero-order valence-electron chi connectivity index (χ0n) is 22.0. The number of hydrogen-bond acceptors (Lipinski definition) is 5. The molecule has 1 aliphatic heterocycles. The highest BCUT2D eigenvalue weighted by Gasteiger charge is 2.40. The first-order chi connectivity index (χ1) is 17.5. The minimum atomic E-state index is -0.396. The fraction of sp³-hybridized carbons (Fsp3) is 0.393. The number of methoxy groups -OCH3 is 1. The molecule has 0 radical (unpaired) electrons. The van der Waals surface area contributed by atoms with E-state index in [-0.39, 0.29) is 41.2 Å². The van der Waals surface area contributed by atoms with Crippen LogP contribution in [-0.4, -0.2) is 47.0 Å². The summed E-state index contributed by atoms with van der Waals surface area (Å²) in [5.74, 6) is 0.538. The molecule has 0 spiro atoms. The van der Waals surface area contributed by atoms with E-state index in [1.54, 1.807) is 17.9 Å². The lowest BCUT2D eigenvalue weighted by molar-refractivity contribution is -0.123. The Morgan fingerprint density at radius 1 is 1.22 bits per heavy atom. The van der Waals surface area contributed by atoms with Crippen molar-refractivity contribution in [1.82, 2.24) is 15.1 Å². The summed E-state index contributed by atoms with van der Waals surface area (Å²) in [6, 6.07) is 13.8. The highest BCUT2D eigenvalue weighted by atomic mass is 32.2. The SMILES string of the molecule is COc1ccc(-n2nc(C(C)(C)C)c3c2N(CC(=O)NC(C)C)C(=O)CS[C@@H]3c2cccc(F)c2)cc1. The maximum Gasteiger partial charge on any atom is 0.240 e. The number of nitrogens with zero attached hydrogens (tertiary/aromatic N) is 3. The fourth-order valence-electron chi connectivity index (χ4n) is 4.42. The number of carbonyl (C=O) groups excluding carboxylic acids is 2. The minimum absolute atomic E-state index is 0.0693. The van der Waals surface area contributed by atoms with Crippen LogP contribution < -0.4 is 15.0 Å². The lowest BCUT2D eigenvalue weighted by Gasteiger charge is -2.25. The van der Waals surface area contributed by atoms with Crippen LogP contribution in [0.5, 0.6) is 5.75 Å². The molecule has 7 nitrogen and oxygen atoms in total. The molecule has 3 aromatic rings. The summed E-state index contributed by atoms with van der Waals surface area (Å²) >= 11 is 1.42. The molecule has 0 aliphatic carbocycles. The number of halogens is 1. The van der Waals surface area contributed by atoms with Crippen LogP contribution in [-0.2, 0) is 15.0 Å². The van der Waals surface area contributed by atoms with Crippen LogP contribution in [0.15, 0.2) is 48.5 Å². The molecular weight excluding hydrogens is 491 g/mol. The Hall–Kier alpha value is -3.33. The molecule has 0 unspecified atom stereocenters. The van der Waals surface area contributed by atoms with Crippen LogP contribution in [0.4, 0.5) is 10.2 Å². The molecular formula is C28H33FN4O3S. The molecule has 2 amide bonds. The quantitative estimate of drug-likeness (QED) is 0.491. The third kappa shape index (κ3) is 5.66. The van der Waals surface area contributed by atoms with E-state index < -0.39 is 5.41 Å². The number of fused-ring (bicyclic) bond motifs is 1. The first kappa shape index (κ1) is 26.7. The predicted molar refractivity (Wildman–Crippen MR) is 145 cm³/mol. The zero-order chi connectivity index (χ0) is 26.9. The monoisotopic (exact) mass is 524 g/mol. The average molecular weight is 525 g/mol. The van der Waals surface area contributed by atoms with Crippen molar-refractivity contribution in [2.24, 2.45) is 0 Å². The first-order valence-corrected chi connectivity index (χ1v) is 13.3. The molecule has 1 N–H and O–H groups in total. The molecule has 0 saturated carbocycles. The molecule has 1 aromatic heterocycles. The first-order valence-electron chi connectivity index (χ1n) is 12.2. The number of aromatic nitrogens is 2. The molecule has 0 fully saturated rings. The Kier molecular flexibility index (Phi) is 7.64. The van der Waals surface area contributed by atoms with E-state index in [0.29, 0.717) is 11.6 Å². The van der Waals surface area contributed by atoms with Crippen molar-refractivity contribution in [1.29, 1.82) is 0 Å². The van der Waals surface area contributed by atoms with Gasteiger partial charge >= 0.3 is 0 Å². The summed E-state index contributed by atoms with van der Waals surface area (Å²) in [6.45, 7) is 9.79. The molecule has 4 rings (SSSR count). The largest absolute Gasteiger partial charge is 0.497 e. The van der Waals surface area contributed by atoms with Crippen molar-refractivity contribution in [3.63, 3.8) is 0 Å². The van der Waals surface area contributed by atoms with Gasteiger partial charge in [-0.3, -0.25) is 14.5 Å². The Labute approximate surface area is 221 Å². The van der Waals surface area contributed by atoms with Gasteiger partial charge in [0.25, 0.3) is 0 Å². The van der Waals surface area contributed by atoms with Gasteiger partial charge in [0.15, 0.2) is 0 Å². The summed E-state index contributed by atoms with van der Waals surface area (Å²) in [7, 11) is 1.60. The summed E-state index contributed by atoms with van der Waals surface area (Å²) in [4.78, 5) is 28.0. The maximum absolute atomic E-state index is 14.4. The van der Waals surface area contributed by atoms with E-state index >= 15 is 0 Å². The predicted octanol–water partition coefficient (Wildman–Crippen LogP) is 5.01. The number of anilines is 1. The van der Waals surface area contributed by atoms with Gasteiger partial charge in [0.05, 0.1) is 29.5 Å². The van der Waals surface area contributed by atoms with Crippen LogP contribution in [0.25, 0.3) is 5.69 Å². The number of amides is 2.